The van der Waals surface area contributed by atoms with Crippen molar-refractivity contribution in [1.29, 1.82) is 5.26 Å². The Hall–Kier alpha value is -4.45. The van der Waals surface area contributed by atoms with Gasteiger partial charge in [0, 0.05) is 6.07 Å². The summed E-state index contributed by atoms with van der Waals surface area (Å²) in [7, 11) is 1.46. The number of anilines is 1. The van der Waals surface area contributed by atoms with Crippen molar-refractivity contribution in [2.24, 2.45) is 0 Å². The van der Waals surface area contributed by atoms with Gasteiger partial charge in [0.05, 0.1) is 55.1 Å². The molecular weight excluding hydrogens is 422 g/mol. The van der Waals surface area contributed by atoms with Crippen LogP contribution in [-0.4, -0.2) is 39.5 Å². The predicted octanol–water partition coefficient (Wildman–Crippen LogP) is 3.16. The Bertz CT molecular complexity index is 1270. The van der Waals surface area contributed by atoms with Crippen LogP contribution in [0.4, 0.5) is 5.82 Å². The fourth-order valence-corrected chi connectivity index (χ4v) is 3.75. The van der Waals surface area contributed by atoms with Gasteiger partial charge in [0.2, 0.25) is 0 Å². The normalized spacial score (nSPS) is 12.5. The zero-order valence-corrected chi connectivity index (χ0v) is 18.2. The summed E-state index contributed by atoms with van der Waals surface area (Å²) in [5.74, 6) is -0.364. The van der Waals surface area contributed by atoms with E-state index < -0.39 is 5.91 Å². The minimum absolute atomic E-state index is 0.0236. The molecule has 0 unspecified atom stereocenters. The molecule has 33 heavy (non-hydrogen) atoms. The van der Waals surface area contributed by atoms with Gasteiger partial charge in [0.1, 0.15) is 11.6 Å². The monoisotopic (exact) mass is 443 g/mol. The predicted molar refractivity (Wildman–Crippen MR) is 119 cm³/mol. The van der Waals surface area contributed by atoms with E-state index in [0.717, 1.165) is 4.90 Å². The molecule has 0 atom stereocenters. The van der Waals surface area contributed by atoms with Crippen molar-refractivity contribution < 1.29 is 19.1 Å². The fraction of sp³-hybridized carbons (Fsp3) is 0.208. The quantitative estimate of drug-likeness (QED) is 0.561. The van der Waals surface area contributed by atoms with Crippen LogP contribution in [0.5, 0.6) is 5.75 Å². The van der Waals surface area contributed by atoms with Gasteiger partial charge in [-0.25, -0.2) is 4.68 Å². The standard InChI is InChI=1S/C24H21N5O4/c1-15-12-21(29(27-15)11-5-10-25)26-22(30)19-13-16(8-9-20(19)33-2)14-28-23(31)17-6-3-4-7-18(17)24(28)32/h3-4,6-9,12-13H,5,11,14H2,1-2H3,(H,26,30). The smallest absolute Gasteiger partial charge is 0.261 e. The second-order valence-electron chi connectivity index (χ2n) is 7.53. The van der Waals surface area contributed by atoms with E-state index >= 15 is 0 Å². The molecule has 4 rings (SSSR count). The topological polar surface area (TPSA) is 117 Å². The number of hydrogen-bond donors (Lipinski definition) is 1. The summed E-state index contributed by atoms with van der Waals surface area (Å²) in [6.45, 7) is 2.16. The molecule has 2 aromatic carbocycles. The van der Waals surface area contributed by atoms with E-state index in [1.165, 1.54) is 7.11 Å². The number of nitrogens with one attached hydrogen (secondary N) is 1. The van der Waals surface area contributed by atoms with Gasteiger partial charge in [0.25, 0.3) is 17.7 Å². The number of aromatic nitrogens is 2. The average Bonchev–Trinajstić information content (AvgIpc) is 3.29. The number of nitrogens with zero attached hydrogens (tertiary/aromatic N) is 4. The summed E-state index contributed by atoms with van der Waals surface area (Å²) in [5, 5.41) is 16.0. The molecule has 3 amide bonds. The van der Waals surface area contributed by atoms with Crippen molar-refractivity contribution >= 4 is 23.5 Å². The van der Waals surface area contributed by atoms with Gasteiger partial charge >= 0.3 is 0 Å². The molecule has 0 aliphatic carbocycles. The molecule has 1 aliphatic heterocycles. The second-order valence-corrected chi connectivity index (χ2v) is 7.53. The molecule has 1 N–H and O–H groups in total. The lowest BCUT2D eigenvalue weighted by Crippen LogP contribution is -2.29. The zero-order valence-electron chi connectivity index (χ0n) is 18.2. The number of benzene rings is 2. The maximum atomic E-state index is 13.1. The molecule has 0 saturated carbocycles. The van der Waals surface area contributed by atoms with Crippen molar-refractivity contribution in [2.75, 3.05) is 12.4 Å². The number of fused-ring (bicyclic) bond motifs is 1. The van der Waals surface area contributed by atoms with Crippen molar-refractivity contribution in [3.05, 3.63) is 76.5 Å². The SMILES string of the molecule is COc1ccc(CN2C(=O)c3ccccc3C2=O)cc1C(=O)Nc1cc(C)nn1CCC#N. The third kappa shape index (κ3) is 4.19. The van der Waals surface area contributed by atoms with E-state index in [0.29, 0.717) is 40.5 Å². The van der Waals surface area contributed by atoms with Crippen molar-refractivity contribution in [1.82, 2.24) is 14.7 Å². The summed E-state index contributed by atoms with van der Waals surface area (Å²) in [4.78, 5) is 39.6. The Labute approximate surface area is 190 Å². The first-order valence-corrected chi connectivity index (χ1v) is 10.3. The van der Waals surface area contributed by atoms with Crippen LogP contribution in [0.2, 0.25) is 0 Å². The Morgan fingerprint density at radius 2 is 1.82 bits per heavy atom. The first kappa shape index (κ1) is 21.8. The third-order valence-corrected chi connectivity index (χ3v) is 5.31. The minimum Gasteiger partial charge on any atom is -0.496 e. The average molecular weight is 443 g/mol. The van der Waals surface area contributed by atoms with Gasteiger partial charge in [0.15, 0.2) is 0 Å². The Balaban J connectivity index is 1.58. The van der Waals surface area contributed by atoms with Crippen LogP contribution in [-0.2, 0) is 13.1 Å². The van der Waals surface area contributed by atoms with Gasteiger partial charge in [-0.05, 0) is 36.8 Å². The van der Waals surface area contributed by atoms with Gasteiger partial charge < -0.3 is 10.1 Å². The molecule has 0 radical (unpaired) electrons. The number of nitriles is 1. The fourth-order valence-electron chi connectivity index (χ4n) is 3.75. The third-order valence-electron chi connectivity index (χ3n) is 5.31. The first-order valence-electron chi connectivity index (χ1n) is 10.3. The summed E-state index contributed by atoms with van der Waals surface area (Å²) in [5.41, 5.74) is 2.29. The molecule has 2 heterocycles. The summed E-state index contributed by atoms with van der Waals surface area (Å²) in [6.07, 6.45) is 0.253. The molecule has 0 fully saturated rings. The zero-order chi connectivity index (χ0) is 23.5. The Morgan fingerprint density at radius 3 is 2.45 bits per heavy atom. The van der Waals surface area contributed by atoms with Crippen LogP contribution in [0.1, 0.15) is 48.8 Å². The largest absolute Gasteiger partial charge is 0.496 e. The lowest BCUT2D eigenvalue weighted by Gasteiger charge is -2.16. The molecular formula is C24H21N5O4. The number of aryl methyl sites for hydroxylation is 2. The van der Waals surface area contributed by atoms with Crippen molar-refractivity contribution in [3.63, 3.8) is 0 Å². The van der Waals surface area contributed by atoms with Crippen LogP contribution < -0.4 is 10.1 Å². The first-order chi connectivity index (χ1) is 15.9. The summed E-state index contributed by atoms with van der Waals surface area (Å²) in [6, 6.07) is 15.4. The molecule has 0 bridgehead atoms. The molecule has 1 aliphatic rings. The van der Waals surface area contributed by atoms with E-state index in [1.54, 1.807) is 60.1 Å². The number of hydrogen-bond acceptors (Lipinski definition) is 6. The summed E-state index contributed by atoms with van der Waals surface area (Å²) < 4.78 is 6.91. The highest BCUT2D eigenvalue weighted by Gasteiger charge is 2.35. The van der Waals surface area contributed by atoms with Gasteiger partial charge in [-0.15, -0.1) is 0 Å². The van der Waals surface area contributed by atoms with Crippen molar-refractivity contribution in [3.8, 4) is 11.8 Å². The molecule has 9 nitrogen and oxygen atoms in total. The molecule has 0 spiro atoms. The van der Waals surface area contributed by atoms with E-state index in [2.05, 4.69) is 16.5 Å². The van der Waals surface area contributed by atoms with E-state index in [9.17, 15) is 14.4 Å². The van der Waals surface area contributed by atoms with Crippen LogP contribution in [0.3, 0.4) is 0 Å². The maximum Gasteiger partial charge on any atom is 0.261 e. The molecule has 1 aromatic heterocycles. The Morgan fingerprint density at radius 1 is 1.12 bits per heavy atom. The molecule has 166 valence electrons. The number of carbonyl (C=O) groups is 3. The molecule has 0 saturated heterocycles. The van der Waals surface area contributed by atoms with Crippen LogP contribution in [0.15, 0.2) is 48.5 Å². The van der Waals surface area contributed by atoms with Gasteiger partial charge in [-0.2, -0.15) is 10.4 Å². The van der Waals surface area contributed by atoms with Crippen molar-refractivity contribution in [2.45, 2.75) is 26.4 Å². The van der Waals surface area contributed by atoms with Crippen LogP contribution in [0.25, 0.3) is 0 Å². The molecule has 3 aromatic rings. The minimum atomic E-state index is -0.436. The highest BCUT2D eigenvalue weighted by atomic mass is 16.5. The van der Waals surface area contributed by atoms with Crippen LogP contribution >= 0.6 is 0 Å². The molecule has 9 heteroatoms. The number of carbonyl (C=O) groups excluding carboxylic acids is 3. The van der Waals surface area contributed by atoms with Crippen LogP contribution in [0, 0.1) is 18.3 Å². The number of methoxy groups -OCH3 is 1. The number of amides is 3. The highest BCUT2D eigenvalue weighted by Crippen LogP contribution is 2.27. The highest BCUT2D eigenvalue weighted by molar-refractivity contribution is 6.21. The lowest BCUT2D eigenvalue weighted by molar-refractivity contribution is 0.0642. The van der Waals surface area contributed by atoms with E-state index in [4.69, 9.17) is 10.00 Å². The summed E-state index contributed by atoms with van der Waals surface area (Å²) >= 11 is 0. The van der Waals surface area contributed by atoms with Gasteiger partial charge in [-0.3, -0.25) is 19.3 Å². The van der Waals surface area contributed by atoms with E-state index in [1.807, 2.05) is 0 Å². The number of ether oxygens (including phenoxy) is 1. The second kappa shape index (κ2) is 8.96. The van der Waals surface area contributed by atoms with E-state index in [-0.39, 0.29) is 30.3 Å². The Kier molecular flexibility index (Phi) is 5.91. The maximum absolute atomic E-state index is 13.1. The lowest BCUT2D eigenvalue weighted by atomic mass is 10.1. The van der Waals surface area contributed by atoms with Gasteiger partial charge in [-0.1, -0.05) is 18.2 Å². The number of rotatable bonds is 7. The number of imide groups is 1.